The molecule has 0 radical (unpaired) electrons. The normalized spacial score (nSPS) is 11.3. The molecule has 0 aliphatic rings. The second-order valence-corrected chi connectivity index (χ2v) is 7.07. The molecule has 0 fully saturated rings. The van der Waals surface area contributed by atoms with Crippen molar-refractivity contribution in [1.82, 2.24) is 0 Å². The number of aryl methyl sites for hydroxylation is 1. The monoisotopic (exact) mass is 324 g/mol. The first-order valence-electron chi connectivity index (χ1n) is 6.11. The number of carboxylic acids is 1. The van der Waals surface area contributed by atoms with Gasteiger partial charge in [-0.2, -0.15) is 0 Å². The summed E-state index contributed by atoms with van der Waals surface area (Å²) >= 11 is 5.77. The Labute approximate surface area is 127 Å². The molecule has 0 spiro atoms. The maximum absolute atomic E-state index is 12.5. The first-order valence-corrected chi connectivity index (χ1v) is 8.14. The molecule has 0 amide bonds. The van der Waals surface area contributed by atoms with Crippen LogP contribution >= 0.6 is 11.6 Å². The summed E-state index contributed by atoms with van der Waals surface area (Å²) < 4.78 is 24.9. The highest BCUT2D eigenvalue weighted by atomic mass is 35.5. The maximum Gasteiger partial charge on any atom is 0.335 e. The molecule has 21 heavy (non-hydrogen) atoms. The topological polar surface area (TPSA) is 71.4 Å². The zero-order valence-corrected chi connectivity index (χ0v) is 12.8. The molecule has 0 aliphatic heterocycles. The number of sulfone groups is 1. The third-order valence-corrected chi connectivity index (χ3v) is 5.12. The van der Waals surface area contributed by atoms with Crippen molar-refractivity contribution in [3.8, 4) is 0 Å². The summed E-state index contributed by atoms with van der Waals surface area (Å²) in [6, 6.07) is 10.6. The van der Waals surface area contributed by atoms with Crippen molar-refractivity contribution >= 4 is 27.4 Å². The Morgan fingerprint density at radius 3 is 2.33 bits per heavy atom. The molecule has 0 heterocycles. The zero-order chi connectivity index (χ0) is 15.6. The molecule has 0 aliphatic carbocycles. The average Bonchev–Trinajstić information content (AvgIpc) is 2.41. The largest absolute Gasteiger partial charge is 0.478 e. The molecule has 0 unspecified atom stereocenters. The first kappa shape index (κ1) is 15.5. The number of hydrogen-bond donors (Lipinski definition) is 1. The lowest BCUT2D eigenvalue weighted by Gasteiger charge is -2.09. The molecule has 0 aromatic heterocycles. The SMILES string of the molecule is Cc1ccc(C(=O)O)cc1S(=O)(=O)Cc1ccc(Cl)cc1. The smallest absolute Gasteiger partial charge is 0.335 e. The number of hydrogen-bond acceptors (Lipinski definition) is 3. The second kappa shape index (κ2) is 5.87. The van der Waals surface area contributed by atoms with Crippen LogP contribution in [-0.2, 0) is 15.6 Å². The van der Waals surface area contributed by atoms with Crippen molar-refractivity contribution in [1.29, 1.82) is 0 Å². The Kier molecular flexibility index (Phi) is 4.34. The summed E-state index contributed by atoms with van der Waals surface area (Å²) in [6.07, 6.45) is 0. The van der Waals surface area contributed by atoms with Gasteiger partial charge in [-0.15, -0.1) is 0 Å². The first-order chi connectivity index (χ1) is 9.79. The minimum Gasteiger partial charge on any atom is -0.478 e. The molecule has 0 bridgehead atoms. The zero-order valence-electron chi connectivity index (χ0n) is 11.2. The third-order valence-electron chi connectivity index (χ3n) is 3.04. The van der Waals surface area contributed by atoms with E-state index in [-0.39, 0.29) is 16.2 Å². The van der Waals surface area contributed by atoms with Crippen molar-refractivity contribution < 1.29 is 18.3 Å². The van der Waals surface area contributed by atoms with Gasteiger partial charge in [0.05, 0.1) is 16.2 Å². The molecule has 0 atom stereocenters. The number of carboxylic acid groups (broad SMARTS) is 1. The summed E-state index contributed by atoms with van der Waals surface area (Å²) in [5.74, 6) is -1.35. The molecular weight excluding hydrogens is 312 g/mol. The fourth-order valence-corrected chi connectivity index (χ4v) is 3.72. The molecule has 2 rings (SSSR count). The standard InChI is InChI=1S/C15H13ClO4S/c1-10-2-5-12(15(17)18)8-14(10)21(19,20)9-11-3-6-13(16)7-4-11/h2-8H,9H2,1H3,(H,17,18). The van der Waals surface area contributed by atoms with Crippen LogP contribution in [0.5, 0.6) is 0 Å². The van der Waals surface area contributed by atoms with E-state index < -0.39 is 15.8 Å². The quantitative estimate of drug-likeness (QED) is 0.936. The van der Waals surface area contributed by atoms with Crippen molar-refractivity contribution in [3.63, 3.8) is 0 Å². The van der Waals surface area contributed by atoms with Gasteiger partial charge in [-0.3, -0.25) is 0 Å². The van der Waals surface area contributed by atoms with E-state index in [0.29, 0.717) is 16.1 Å². The van der Waals surface area contributed by atoms with Gasteiger partial charge in [-0.1, -0.05) is 29.8 Å². The maximum atomic E-state index is 12.5. The highest BCUT2D eigenvalue weighted by Gasteiger charge is 2.19. The van der Waals surface area contributed by atoms with Crippen LogP contribution in [0.1, 0.15) is 21.5 Å². The van der Waals surface area contributed by atoms with Crippen LogP contribution in [0.2, 0.25) is 5.02 Å². The van der Waals surface area contributed by atoms with E-state index in [1.165, 1.54) is 18.2 Å². The summed E-state index contributed by atoms with van der Waals surface area (Å²) in [7, 11) is -3.62. The van der Waals surface area contributed by atoms with Crippen LogP contribution in [0.25, 0.3) is 0 Å². The minimum absolute atomic E-state index is 0.0392. The molecule has 1 N–H and O–H groups in total. The van der Waals surface area contributed by atoms with Crippen molar-refractivity contribution in [2.75, 3.05) is 0 Å². The summed E-state index contributed by atoms with van der Waals surface area (Å²) in [5, 5.41) is 9.50. The van der Waals surface area contributed by atoms with Crippen molar-refractivity contribution in [3.05, 3.63) is 64.2 Å². The van der Waals surface area contributed by atoms with Gasteiger partial charge >= 0.3 is 5.97 Å². The molecule has 110 valence electrons. The van der Waals surface area contributed by atoms with E-state index >= 15 is 0 Å². The number of halogens is 1. The van der Waals surface area contributed by atoms with Crippen molar-refractivity contribution in [2.24, 2.45) is 0 Å². The van der Waals surface area contributed by atoms with Gasteiger partial charge in [0.1, 0.15) is 0 Å². The van der Waals surface area contributed by atoms with Crippen molar-refractivity contribution in [2.45, 2.75) is 17.6 Å². The second-order valence-electron chi connectivity index (χ2n) is 4.67. The van der Waals surface area contributed by atoms with Crippen LogP contribution < -0.4 is 0 Å². The lowest BCUT2D eigenvalue weighted by molar-refractivity contribution is 0.0696. The highest BCUT2D eigenvalue weighted by Crippen LogP contribution is 2.22. The molecule has 0 saturated carbocycles. The Hall–Kier alpha value is -1.85. The van der Waals surface area contributed by atoms with Gasteiger partial charge in [0.25, 0.3) is 0 Å². The van der Waals surface area contributed by atoms with Gasteiger partial charge < -0.3 is 5.11 Å². The van der Waals surface area contributed by atoms with Crippen LogP contribution in [0, 0.1) is 6.92 Å². The fourth-order valence-electron chi connectivity index (χ4n) is 1.95. The average molecular weight is 325 g/mol. The molecule has 2 aromatic rings. The van der Waals surface area contributed by atoms with Gasteiger partial charge in [-0.25, -0.2) is 13.2 Å². The summed E-state index contributed by atoms with van der Waals surface area (Å²) in [5.41, 5.74) is 1.07. The van der Waals surface area contributed by atoms with Crippen LogP contribution in [0.3, 0.4) is 0 Å². The van der Waals surface area contributed by atoms with Gasteiger partial charge in [0.2, 0.25) is 0 Å². The van der Waals surface area contributed by atoms with Gasteiger partial charge in [0.15, 0.2) is 9.84 Å². The molecule has 0 saturated heterocycles. The predicted octanol–water partition coefficient (Wildman–Crippen LogP) is 3.32. The van der Waals surface area contributed by atoms with E-state index in [0.717, 1.165) is 0 Å². The number of benzene rings is 2. The van der Waals surface area contributed by atoms with Gasteiger partial charge in [0, 0.05) is 5.02 Å². The predicted molar refractivity (Wildman–Crippen MR) is 80.5 cm³/mol. The summed E-state index contributed by atoms with van der Waals surface area (Å²) in [4.78, 5) is 11.0. The molecular formula is C15H13ClO4S. The lowest BCUT2D eigenvalue weighted by Crippen LogP contribution is -2.09. The summed E-state index contributed by atoms with van der Waals surface area (Å²) in [6.45, 7) is 1.64. The van der Waals surface area contributed by atoms with E-state index in [2.05, 4.69) is 0 Å². The van der Waals surface area contributed by atoms with Gasteiger partial charge in [-0.05, 0) is 42.3 Å². The third kappa shape index (κ3) is 3.62. The Morgan fingerprint density at radius 2 is 1.76 bits per heavy atom. The van der Waals surface area contributed by atoms with Crippen LogP contribution in [0.15, 0.2) is 47.4 Å². The fraction of sp³-hybridized carbons (Fsp3) is 0.133. The highest BCUT2D eigenvalue weighted by molar-refractivity contribution is 7.90. The number of rotatable bonds is 4. The van der Waals surface area contributed by atoms with Crippen LogP contribution in [-0.4, -0.2) is 19.5 Å². The molecule has 2 aromatic carbocycles. The Bertz CT molecular complexity index is 780. The number of carbonyl (C=O) groups is 1. The molecule has 4 nitrogen and oxygen atoms in total. The van der Waals surface area contributed by atoms with E-state index in [9.17, 15) is 13.2 Å². The van der Waals surface area contributed by atoms with E-state index in [4.69, 9.17) is 16.7 Å². The minimum atomic E-state index is -3.62. The molecule has 6 heteroatoms. The van der Waals surface area contributed by atoms with E-state index in [1.54, 1.807) is 31.2 Å². The number of aromatic carboxylic acids is 1. The Morgan fingerprint density at radius 1 is 1.14 bits per heavy atom. The lowest BCUT2D eigenvalue weighted by atomic mass is 10.1. The Balaban J connectivity index is 2.41. The van der Waals surface area contributed by atoms with Crippen LogP contribution in [0.4, 0.5) is 0 Å². The van der Waals surface area contributed by atoms with E-state index in [1.807, 2.05) is 0 Å².